The van der Waals surface area contributed by atoms with Crippen LogP contribution in [0.5, 0.6) is 0 Å². The van der Waals surface area contributed by atoms with E-state index in [4.69, 9.17) is 16.3 Å². The summed E-state index contributed by atoms with van der Waals surface area (Å²) in [6.45, 7) is 0. The second-order valence-electron chi connectivity index (χ2n) is 5.73. The normalized spacial score (nSPS) is 19.4. The zero-order valence-electron chi connectivity index (χ0n) is 12.7. The number of benzene rings is 3. The van der Waals surface area contributed by atoms with Crippen LogP contribution in [0.1, 0.15) is 29.0 Å². The Hall–Kier alpha value is -2.36. The van der Waals surface area contributed by atoms with Crippen LogP contribution in [0, 0.1) is 5.82 Å². The molecule has 0 saturated heterocycles. The van der Waals surface area contributed by atoms with E-state index in [0.717, 1.165) is 22.4 Å². The van der Waals surface area contributed by atoms with Crippen LogP contribution in [0.25, 0.3) is 0 Å². The van der Waals surface area contributed by atoms with Crippen LogP contribution in [0.15, 0.2) is 72.8 Å². The Morgan fingerprint density at radius 1 is 0.875 bits per heavy atom. The number of anilines is 1. The Kier molecular flexibility index (Phi) is 3.97. The first-order valence-electron chi connectivity index (χ1n) is 7.72. The minimum Gasteiger partial charge on any atom is -0.356 e. The molecule has 0 bridgehead atoms. The third kappa shape index (κ3) is 2.88. The molecule has 0 saturated carbocycles. The van der Waals surface area contributed by atoms with Crippen LogP contribution in [0.4, 0.5) is 10.1 Å². The zero-order valence-corrected chi connectivity index (χ0v) is 13.5. The lowest BCUT2D eigenvalue weighted by Gasteiger charge is -2.34. The van der Waals surface area contributed by atoms with Crippen molar-refractivity contribution >= 4 is 17.3 Å². The molecule has 0 amide bonds. The van der Waals surface area contributed by atoms with E-state index in [1.54, 1.807) is 12.1 Å². The lowest BCUT2D eigenvalue weighted by Crippen LogP contribution is -2.25. The number of nitrogens with one attached hydrogen (secondary N) is 1. The standard InChI is InChI=1S/C20H15ClFNO/c21-15-8-11-18-17(12-15)19(13-4-2-1-3-5-13)24-20(23-18)14-6-9-16(22)10-7-14/h1-12,19-20,23H/t19-,20+/m0/s1. The Labute approximate surface area is 144 Å². The van der Waals surface area contributed by atoms with E-state index < -0.39 is 0 Å². The summed E-state index contributed by atoms with van der Waals surface area (Å²) in [4.78, 5) is 0. The minimum absolute atomic E-state index is 0.240. The molecule has 1 aliphatic rings. The summed E-state index contributed by atoms with van der Waals surface area (Å²) in [6.07, 6.45) is -0.597. The summed E-state index contributed by atoms with van der Waals surface area (Å²) < 4.78 is 19.5. The Bertz CT molecular complexity index is 851. The van der Waals surface area contributed by atoms with Crippen LogP contribution < -0.4 is 5.32 Å². The third-order valence-electron chi connectivity index (χ3n) is 4.13. The molecule has 0 aliphatic carbocycles. The molecular weight excluding hydrogens is 325 g/mol. The monoisotopic (exact) mass is 339 g/mol. The molecule has 0 spiro atoms. The number of halogens is 2. The fraction of sp³-hybridized carbons (Fsp3) is 0.100. The summed E-state index contributed by atoms with van der Waals surface area (Å²) >= 11 is 6.18. The Morgan fingerprint density at radius 2 is 1.62 bits per heavy atom. The molecule has 120 valence electrons. The summed E-state index contributed by atoms with van der Waals surface area (Å²) in [6, 6.07) is 22.1. The fourth-order valence-corrected chi connectivity index (χ4v) is 3.13. The van der Waals surface area contributed by atoms with Crippen molar-refractivity contribution in [3.63, 3.8) is 0 Å². The van der Waals surface area contributed by atoms with Crippen molar-refractivity contribution in [3.8, 4) is 0 Å². The predicted molar refractivity (Wildman–Crippen MR) is 93.6 cm³/mol. The van der Waals surface area contributed by atoms with Gasteiger partial charge in [0.2, 0.25) is 0 Å². The number of fused-ring (bicyclic) bond motifs is 1. The third-order valence-corrected chi connectivity index (χ3v) is 4.37. The smallest absolute Gasteiger partial charge is 0.155 e. The number of ether oxygens (including phenoxy) is 1. The summed E-state index contributed by atoms with van der Waals surface area (Å²) in [5.74, 6) is -0.263. The molecule has 0 fully saturated rings. The minimum atomic E-state index is -0.357. The molecule has 1 N–H and O–H groups in total. The van der Waals surface area contributed by atoms with Gasteiger partial charge in [-0.1, -0.05) is 54.1 Å². The van der Waals surface area contributed by atoms with Crippen molar-refractivity contribution in [2.24, 2.45) is 0 Å². The van der Waals surface area contributed by atoms with Crippen molar-refractivity contribution < 1.29 is 9.13 Å². The lowest BCUT2D eigenvalue weighted by atomic mass is 9.97. The maximum Gasteiger partial charge on any atom is 0.155 e. The zero-order chi connectivity index (χ0) is 16.5. The molecule has 4 rings (SSSR count). The number of rotatable bonds is 2. The molecule has 0 aromatic heterocycles. The summed E-state index contributed by atoms with van der Waals surface area (Å²) in [5, 5.41) is 4.02. The van der Waals surface area contributed by atoms with Crippen molar-refractivity contribution in [1.82, 2.24) is 0 Å². The highest BCUT2D eigenvalue weighted by Crippen LogP contribution is 2.42. The molecule has 24 heavy (non-hydrogen) atoms. The van der Waals surface area contributed by atoms with Gasteiger partial charge in [-0.2, -0.15) is 0 Å². The van der Waals surface area contributed by atoms with Gasteiger partial charge in [0.1, 0.15) is 11.9 Å². The van der Waals surface area contributed by atoms with Gasteiger partial charge in [-0.05, 0) is 35.9 Å². The van der Waals surface area contributed by atoms with E-state index in [0.29, 0.717) is 5.02 Å². The quantitative estimate of drug-likeness (QED) is 0.645. The molecule has 3 aromatic carbocycles. The van der Waals surface area contributed by atoms with Crippen molar-refractivity contribution in [2.45, 2.75) is 12.3 Å². The molecule has 4 heteroatoms. The maximum atomic E-state index is 13.2. The van der Waals surface area contributed by atoms with Gasteiger partial charge in [0.05, 0.1) is 0 Å². The highest BCUT2D eigenvalue weighted by molar-refractivity contribution is 6.30. The van der Waals surface area contributed by atoms with Gasteiger partial charge in [0, 0.05) is 21.8 Å². The molecule has 1 heterocycles. The van der Waals surface area contributed by atoms with Gasteiger partial charge in [-0.25, -0.2) is 4.39 Å². The molecule has 2 atom stereocenters. The maximum absolute atomic E-state index is 13.2. The first-order chi connectivity index (χ1) is 11.7. The van der Waals surface area contributed by atoms with Crippen LogP contribution >= 0.6 is 11.6 Å². The predicted octanol–water partition coefficient (Wildman–Crippen LogP) is 5.71. The fourth-order valence-electron chi connectivity index (χ4n) is 2.95. The second kappa shape index (κ2) is 6.27. The van der Waals surface area contributed by atoms with Crippen molar-refractivity contribution in [1.29, 1.82) is 0 Å². The van der Waals surface area contributed by atoms with Gasteiger partial charge in [-0.3, -0.25) is 0 Å². The number of hydrogen-bond donors (Lipinski definition) is 1. The molecule has 3 aromatic rings. The average molecular weight is 340 g/mol. The highest BCUT2D eigenvalue weighted by atomic mass is 35.5. The second-order valence-corrected chi connectivity index (χ2v) is 6.17. The largest absolute Gasteiger partial charge is 0.356 e. The molecule has 2 nitrogen and oxygen atoms in total. The van der Waals surface area contributed by atoms with Crippen LogP contribution in [-0.4, -0.2) is 0 Å². The van der Waals surface area contributed by atoms with E-state index in [1.165, 1.54) is 12.1 Å². The molecular formula is C20H15ClFNO. The number of hydrogen-bond acceptors (Lipinski definition) is 2. The van der Waals surface area contributed by atoms with E-state index in [2.05, 4.69) is 5.32 Å². The topological polar surface area (TPSA) is 21.3 Å². The van der Waals surface area contributed by atoms with Crippen molar-refractivity contribution in [3.05, 3.63) is 100 Å². The SMILES string of the molecule is Fc1ccc([C@@H]2Nc3ccc(Cl)cc3[C@H](c3ccccc3)O2)cc1. The van der Waals surface area contributed by atoms with Gasteiger partial charge in [0.15, 0.2) is 6.23 Å². The van der Waals surface area contributed by atoms with Gasteiger partial charge >= 0.3 is 0 Å². The average Bonchev–Trinajstić information content (AvgIpc) is 2.62. The van der Waals surface area contributed by atoms with E-state index in [1.807, 2.05) is 48.5 Å². The summed E-state index contributed by atoms with van der Waals surface area (Å²) in [5.41, 5.74) is 3.88. The van der Waals surface area contributed by atoms with Crippen molar-refractivity contribution in [2.75, 3.05) is 5.32 Å². The Morgan fingerprint density at radius 3 is 2.38 bits per heavy atom. The van der Waals surface area contributed by atoms with Crippen LogP contribution in [0.2, 0.25) is 5.02 Å². The highest BCUT2D eigenvalue weighted by Gasteiger charge is 2.29. The van der Waals surface area contributed by atoms with Gasteiger partial charge in [-0.15, -0.1) is 0 Å². The van der Waals surface area contributed by atoms with Gasteiger partial charge < -0.3 is 10.1 Å². The van der Waals surface area contributed by atoms with Crippen LogP contribution in [-0.2, 0) is 4.74 Å². The Balaban J connectivity index is 1.77. The first-order valence-corrected chi connectivity index (χ1v) is 8.10. The molecule has 0 unspecified atom stereocenters. The van der Waals surface area contributed by atoms with E-state index in [-0.39, 0.29) is 18.1 Å². The first kappa shape index (κ1) is 15.2. The van der Waals surface area contributed by atoms with E-state index in [9.17, 15) is 4.39 Å². The molecule has 1 aliphatic heterocycles. The van der Waals surface area contributed by atoms with Gasteiger partial charge in [0.25, 0.3) is 0 Å². The van der Waals surface area contributed by atoms with E-state index >= 15 is 0 Å². The van der Waals surface area contributed by atoms with Crippen LogP contribution in [0.3, 0.4) is 0 Å². The summed E-state index contributed by atoms with van der Waals surface area (Å²) in [7, 11) is 0. The lowest BCUT2D eigenvalue weighted by molar-refractivity contribution is 0.0157. The molecule has 0 radical (unpaired) electrons.